The van der Waals surface area contributed by atoms with Crippen LogP contribution in [0.1, 0.15) is 25.7 Å². The van der Waals surface area contributed by atoms with Gasteiger partial charge < -0.3 is 16.7 Å². The predicted molar refractivity (Wildman–Crippen MR) is 33.7 cm³/mol. The van der Waals surface area contributed by atoms with E-state index in [-0.39, 0.29) is 11.0 Å². The Morgan fingerprint density at radius 3 is 1.50 bits per heavy atom. The van der Waals surface area contributed by atoms with E-state index in [1.807, 2.05) is 0 Å². The SMILES string of the molecule is NC1CCCC1.O.O. The van der Waals surface area contributed by atoms with Gasteiger partial charge in [-0.2, -0.15) is 0 Å². The summed E-state index contributed by atoms with van der Waals surface area (Å²) in [5.74, 6) is 0. The van der Waals surface area contributed by atoms with E-state index in [0.717, 1.165) is 0 Å². The van der Waals surface area contributed by atoms with Gasteiger partial charge in [-0.15, -0.1) is 0 Å². The van der Waals surface area contributed by atoms with Gasteiger partial charge >= 0.3 is 0 Å². The molecule has 0 aromatic carbocycles. The summed E-state index contributed by atoms with van der Waals surface area (Å²) in [5, 5.41) is 0. The quantitative estimate of drug-likeness (QED) is 0.448. The van der Waals surface area contributed by atoms with Gasteiger partial charge in [0, 0.05) is 6.04 Å². The molecule has 1 saturated carbocycles. The van der Waals surface area contributed by atoms with Crippen molar-refractivity contribution >= 4 is 0 Å². The Kier molecular flexibility index (Phi) is 6.78. The van der Waals surface area contributed by atoms with Crippen molar-refractivity contribution in [3.05, 3.63) is 0 Å². The lowest BCUT2D eigenvalue weighted by Crippen LogP contribution is -2.13. The van der Waals surface area contributed by atoms with Crippen molar-refractivity contribution in [2.75, 3.05) is 0 Å². The zero-order valence-electron chi connectivity index (χ0n) is 4.98. The monoisotopic (exact) mass is 121 g/mol. The zero-order chi connectivity index (χ0) is 4.41. The Hall–Kier alpha value is -0.120. The van der Waals surface area contributed by atoms with Crippen molar-refractivity contribution in [1.82, 2.24) is 0 Å². The lowest BCUT2D eigenvalue weighted by molar-refractivity contribution is 0.704. The third-order valence-electron chi connectivity index (χ3n) is 1.40. The molecule has 8 heavy (non-hydrogen) atoms. The maximum Gasteiger partial charge on any atom is 0.00388 e. The van der Waals surface area contributed by atoms with Gasteiger partial charge in [-0.05, 0) is 12.8 Å². The zero-order valence-corrected chi connectivity index (χ0v) is 4.98. The molecule has 6 N–H and O–H groups in total. The third-order valence-corrected chi connectivity index (χ3v) is 1.40. The maximum absolute atomic E-state index is 5.53. The van der Waals surface area contributed by atoms with Crippen molar-refractivity contribution in [3.8, 4) is 0 Å². The summed E-state index contributed by atoms with van der Waals surface area (Å²) >= 11 is 0. The molecule has 1 fully saturated rings. The van der Waals surface area contributed by atoms with E-state index in [4.69, 9.17) is 5.73 Å². The topological polar surface area (TPSA) is 89.0 Å². The minimum Gasteiger partial charge on any atom is -0.412 e. The molecule has 0 bridgehead atoms. The van der Waals surface area contributed by atoms with Gasteiger partial charge in [-0.3, -0.25) is 0 Å². The first-order valence-electron chi connectivity index (χ1n) is 2.65. The summed E-state index contributed by atoms with van der Waals surface area (Å²) in [5.41, 5.74) is 5.53. The molecule has 0 aromatic heterocycles. The highest BCUT2D eigenvalue weighted by atomic mass is 16.0. The van der Waals surface area contributed by atoms with Crippen LogP contribution in [0.2, 0.25) is 0 Å². The van der Waals surface area contributed by atoms with E-state index in [1.54, 1.807) is 0 Å². The fourth-order valence-electron chi connectivity index (χ4n) is 0.957. The van der Waals surface area contributed by atoms with Gasteiger partial charge in [0.1, 0.15) is 0 Å². The van der Waals surface area contributed by atoms with Crippen LogP contribution in [-0.4, -0.2) is 17.0 Å². The Balaban J connectivity index is 0. The average molecular weight is 121 g/mol. The molecule has 1 rings (SSSR count). The highest BCUT2D eigenvalue weighted by Gasteiger charge is 2.07. The van der Waals surface area contributed by atoms with E-state index in [9.17, 15) is 0 Å². The number of hydrogen-bond donors (Lipinski definition) is 1. The molecule has 0 amide bonds. The van der Waals surface area contributed by atoms with Crippen LogP contribution < -0.4 is 5.73 Å². The van der Waals surface area contributed by atoms with Crippen molar-refractivity contribution in [2.45, 2.75) is 31.7 Å². The Morgan fingerprint density at radius 1 is 1.00 bits per heavy atom. The van der Waals surface area contributed by atoms with E-state index < -0.39 is 0 Å². The molecular weight excluding hydrogens is 106 g/mol. The van der Waals surface area contributed by atoms with Gasteiger partial charge in [0.05, 0.1) is 0 Å². The van der Waals surface area contributed by atoms with Gasteiger partial charge in [0.15, 0.2) is 0 Å². The van der Waals surface area contributed by atoms with Gasteiger partial charge in [-0.1, -0.05) is 12.8 Å². The molecular formula is C5H15NO2. The molecule has 0 unspecified atom stereocenters. The molecule has 1 aliphatic rings. The summed E-state index contributed by atoms with van der Waals surface area (Å²) in [4.78, 5) is 0. The number of rotatable bonds is 0. The molecule has 52 valence electrons. The van der Waals surface area contributed by atoms with Crippen molar-refractivity contribution in [3.63, 3.8) is 0 Å². The van der Waals surface area contributed by atoms with Crippen LogP contribution in [0, 0.1) is 0 Å². The molecule has 0 saturated heterocycles. The largest absolute Gasteiger partial charge is 0.412 e. The first kappa shape index (κ1) is 10.8. The summed E-state index contributed by atoms with van der Waals surface area (Å²) < 4.78 is 0. The van der Waals surface area contributed by atoms with Crippen LogP contribution in [0.15, 0.2) is 0 Å². The van der Waals surface area contributed by atoms with Crippen LogP contribution in [-0.2, 0) is 0 Å². The van der Waals surface area contributed by atoms with E-state index in [2.05, 4.69) is 0 Å². The molecule has 3 nitrogen and oxygen atoms in total. The van der Waals surface area contributed by atoms with Crippen LogP contribution in [0.3, 0.4) is 0 Å². The third kappa shape index (κ3) is 2.96. The molecule has 1 aliphatic carbocycles. The number of nitrogens with two attached hydrogens (primary N) is 1. The summed E-state index contributed by atoms with van der Waals surface area (Å²) in [7, 11) is 0. The smallest absolute Gasteiger partial charge is 0.00388 e. The lowest BCUT2D eigenvalue weighted by Gasteiger charge is -1.92. The normalized spacial score (nSPS) is 19.1. The fraction of sp³-hybridized carbons (Fsp3) is 1.00. The van der Waals surface area contributed by atoms with Crippen LogP contribution in [0.5, 0.6) is 0 Å². The minimum atomic E-state index is 0. The Bertz CT molecular complexity index is 43.7. The first-order chi connectivity index (χ1) is 2.89. The van der Waals surface area contributed by atoms with Crippen molar-refractivity contribution in [2.24, 2.45) is 5.73 Å². The standard InChI is InChI=1S/C5H11N.2H2O/c6-5-3-1-2-4-5;;/h5H,1-4,6H2;2*1H2. The van der Waals surface area contributed by atoms with Crippen LogP contribution in [0.4, 0.5) is 0 Å². The first-order valence-corrected chi connectivity index (χ1v) is 2.65. The lowest BCUT2D eigenvalue weighted by atomic mass is 10.3. The van der Waals surface area contributed by atoms with E-state index in [1.165, 1.54) is 25.7 Å². The Morgan fingerprint density at radius 2 is 1.38 bits per heavy atom. The molecule has 0 heterocycles. The minimum absolute atomic E-state index is 0. The summed E-state index contributed by atoms with van der Waals surface area (Å²) in [6, 6.07) is 0.546. The van der Waals surface area contributed by atoms with Gasteiger partial charge in [-0.25, -0.2) is 0 Å². The van der Waals surface area contributed by atoms with Gasteiger partial charge in [0.2, 0.25) is 0 Å². The van der Waals surface area contributed by atoms with E-state index >= 15 is 0 Å². The second kappa shape index (κ2) is 5.03. The maximum atomic E-state index is 5.53. The van der Waals surface area contributed by atoms with Crippen LogP contribution >= 0.6 is 0 Å². The van der Waals surface area contributed by atoms with Crippen molar-refractivity contribution in [1.29, 1.82) is 0 Å². The highest BCUT2D eigenvalue weighted by molar-refractivity contribution is 4.67. The second-order valence-corrected chi connectivity index (χ2v) is 2.04. The molecule has 0 aromatic rings. The summed E-state index contributed by atoms with van der Waals surface area (Å²) in [6.45, 7) is 0. The van der Waals surface area contributed by atoms with Crippen LogP contribution in [0.25, 0.3) is 0 Å². The molecule has 3 heteroatoms. The van der Waals surface area contributed by atoms with Crippen molar-refractivity contribution < 1.29 is 11.0 Å². The van der Waals surface area contributed by atoms with Gasteiger partial charge in [0.25, 0.3) is 0 Å². The molecule has 0 aliphatic heterocycles. The average Bonchev–Trinajstić information content (AvgIpc) is 1.86. The molecule has 0 radical (unpaired) electrons. The summed E-state index contributed by atoms with van der Waals surface area (Å²) in [6.07, 6.45) is 5.25. The molecule has 0 spiro atoms. The highest BCUT2D eigenvalue weighted by Crippen LogP contribution is 2.14. The molecule has 0 atom stereocenters. The number of hydrogen-bond acceptors (Lipinski definition) is 1. The van der Waals surface area contributed by atoms with E-state index in [0.29, 0.717) is 6.04 Å². The fourth-order valence-corrected chi connectivity index (χ4v) is 0.957. The predicted octanol–water partition coefficient (Wildman–Crippen LogP) is -0.762. The Labute approximate surface area is 49.5 Å². The second-order valence-electron chi connectivity index (χ2n) is 2.04.